The Balaban J connectivity index is 2.01. The third-order valence-electron chi connectivity index (χ3n) is 4.66. The highest BCUT2D eigenvalue weighted by Gasteiger charge is 2.27. The molecular weight excluding hydrogens is 436 g/mol. The first-order valence-corrected chi connectivity index (χ1v) is 11.0. The van der Waals surface area contributed by atoms with Gasteiger partial charge in [-0.25, -0.2) is 20.1 Å². The Morgan fingerprint density at radius 1 is 0.971 bits per heavy atom. The van der Waals surface area contributed by atoms with Crippen molar-refractivity contribution in [1.82, 2.24) is 14.5 Å². The normalized spacial score (nSPS) is 12.9. The predicted octanol–water partition coefficient (Wildman–Crippen LogP) is 3.49. The second-order valence-electron chi connectivity index (χ2n) is 9.99. The number of aromatic nitrogens is 3. The van der Waals surface area contributed by atoms with E-state index in [-0.39, 0.29) is 5.69 Å². The molecule has 2 heterocycles. The van der Waals surface area contributed by atoms with Gasteiger partial charge in [0.2, 0.25) is 0 Å². The van der Waals surface area contributed by atoms with Crippen LogP contribution in [0.2, 0.25) is 0 Å². The molecule has 180 valence electrons. The van der Waals surface area contributed by atoms with Crippen molar-refractivity contribution in [2.75, 3.05) is 0 Å². The number of ether oxygens (including phenoxy) is 2. The molecule has 0 unspecified atom stereocenters. The van der Waals surface area contributed by atoms with Crippen LogP contribution in [-0.4, -0.2) is 37.8 Å². The molecule has 2 aromatic heterocycles. The van der Waals surface area contributed by atoms with Crippen LogP contribution in [0.15, 0.2) is 47.4 Å². The van der Waals surface area contributed by atoms with Gasteiger partial charge in [0.05, 0.1) is 0 Å². The number of primary amides is 1. The Bertz CT molecular complexity index is 1270. The second kappa shape index (κ2) is 9.34. The van der Waals surface area contributed by atoms with E-state index in [9.17, 15) is 14.4 Å². The number of rotatable bonds is 4. The Labute approximate surface area is 198 Å². The van der Waals surface area contributed by atoms with Gasteiger partial charge in [0, 0.05) is 23.9 Å². The minimum atomic E-state index is -0.911. The van der Waals surface area contributed by atoms with E-state index in [0.29, 0.717) is 22.4 Å². The van der Waals surface area contributed by atoms with Gasteiger partial charge in [0.1, 0.15) is 34.1 Å². The molecule has 9 heteroatoms. The molecule has 0 aliphatic heterocycles. The van der Waals surface area contributed by atoms with Crippen molar-refractivity contribution in [3.8, 4) is 11.3 Å². The minimum absolute atomic E-state index is 0.166. The van der Waals surface area contributed by atoms with Crippen molar-refractivity contribution >= 4 is 28.9 Å². The van der Waals surface area contributed by atoms with Crippen molar-refractivity contribution in [3.63, 3.8) is 0 Å². The standard InChI is InChI=1S/C25H30N4O5/c1-15(22(31)33-24(2,3)4)29-20-18(9-8-14-26-20)28-19(21(29)30)16-10-12-17(13-11-16)27-23(32)34-25(5,6)7/h8-15H,1-7H3,(H,27,32)/p+1/t15-/m0/s1. The van der Waals surface area contributed by atoms with Crippen LogP contribution in [0.5, 0.6) is 0 Å². The Kier molecular flexibility index (Phi) is 6.88. The molecule has 9 nitrogen and oxygen atoms in total. The van der Waals surface area contributed by atoms with Crippen molar-refractivity contribution in [2.45, 2.75) is 65.7 Å². The van der Waals surface area contributed by atoms with Crippen molar-refractivity contribution in [2.24, 2.45) is 0 Å². The average molecular weight is 468 g/mol. The van der Waals surface area contributed by atoms with Gasteiger partial charge in [-0.05, 0) is 72.7 Å². The van der Waals surface area contributed by atoms with Crippen molar-refractivity contribution in [1.29, 1.82) is 0 Å². The third kappa shape index (κ3) is 6.05. The predicted molar refractivity (Wildman–Crippen MR) is 128 cm³/mol. The Hall–Kier alpha value is -3.59. The molecule has 1 atom stereocenters. The highest BCUT2D eigenvalue weighted by Crippen LogP contribution is 2.21. The van der Waals surface area contributed by atoms with Gasteiger partial charge in [-0.2, -0.15) is 4.79 Å². The number of quaternary nitrogens is 1. The lowest BCUT2D eigenvalue weighted by atomic mass is 10.1. The number of pyridine rings is 1. The highest BCUT2D eigenvalue weighted by molar-refractivity contribution is 5.80. The van der Waals surface area contributed by atoms with E-state index in [4.69, 9.17) is 9.47 Å². The lowest BCUT2D eigenvalue weighted by molar-refractivity contribution is -0.486. The molecule has 0 aliphatic carbocycles. The Morgan fingerprint density at radius 2 is 1.59 bits per heavy atom. The first-order chi connectivity index (χ1) is 15.7. The first-order valence-electron chi connectivity index (χ1n) is 11.0. The maximum atomic E-state index is 13.5. The van der Waals surface area contributed by atoms with E-state index >= 15 is 0 Å². The van der Waals surface area contributed by atoms with Crippen LogP contribution >= 0.6 is 0 Å². The molecule has 34 heavy (non-hydrogen) atoms. The molecule has 1 amide bonds. The molecule has 3 rings (SSSR count). The molecule has 0 saturated carbocycles. The van der Waals surface area contributed by atoms with Gasteiger partial charge in [0.25, 0.3) is 5.56 Å². The monoisotopic (exact) mass is 467 g/mol. The summed E-state index contributed by atoms with van der Waals surface area (Å²) in [5.41, 5.74) is 0.348. The lowest BCUT2D eigenvalue weighted by Gasteiger charge is -2.24. The molecule has 1 aromatic carbocycles. The van der Waals surface area contributed by atoms with Gasteiger partial charge >= 0.3 is 12.1 Å². The number of esters is 1. The third-order valence-corrected chi connectivity index (χ3v) is 4.66. The summed E-state index contributed by atoms with van der Waals surface area (Å²) < 4.78 is 12.1. The quantitative estimate of drug-likeness (QED) is 0.461. The molecular formula is C25H31N4O5+. The van der Waals surface area contributed by atoms with Crippen LogP contribution in [0, 0.1) is 0 Å². The van der Waals surface area contributed by atoms with E-state index in [1.54, 1.807) is 91.1 Å². The zero-order chi connectivity index (χ0) is 25.3. The zero-order valence-corrected chi connectivity index (χ0v) is 20.6. The van der Waals surface area contributed by atoms with Gasteiger partial charge < -0.3 is 9.47 Å². The molecule has 0 radical (unpaired) electrons. The average Bonchev–Trinajstić information content (AvgIpc) is 2.71. The van der Waals surface area contributed by atoms with Crippen molar-refractivity contribution < 1.29 is 24.4 Å². The minimum Gasteiger partial charge on any atom is -0.458 e. The zero-order valence-electron chi connectivity index (χ0n) is 20.6. The van der Waals surface area contributed by atoms with Crippen molar-refractivity contribution in [3.05, 3.63) is 52.9 Å². The lowest BCUT2D eigenvalue weighted by Crippen LogP contribution is -2.83. The second-order valence-corrected chi connectivity index (χ2v) is 9.99. The number of amides is 1. The molecule has 0 saturated heterocycles. The summed E-state index contributed by atoms with van der Waals surface area (Å²) in [5, 5.41) is 1.38. The van der Waals surface area contributed by atoms with Gasteiger partial charge in [-0.1, -0.05) is 0 Å². The van der Waals surface area contributed by atoms with Gasteiger partial charge in [-0.15, -0.1) is 0 Å². The van der Waals surface area contributed by atoms with E-state index in [2.05, 4.69) is 9.97 Å². The number of hydrogen-bond acceptors (Lipinski definition) is 7. The largest absolute Gasteiger partial charge is 0.518 e. The highest BCUT2D eigenvalue weighted by atomic mass is 16.6. The fraction of sp³-hybridized carbons (Fsp3) is 0.400. The SMILES string of the molecule is C[C@@H](C(=O)OC(C)(C)C)n1c(=O)c(-c2ccc([NH2+]C(=O)OC(C)(C)C)cc2)nc2cccnc21. The summed E-state index contributed by atoms with van der Waals surface area (Å²) in [6.45, 7) is 12.3. The van der Waals surface area contributed by atoms with Crippen LogP contribution in [0.3, 0.4) is 0 Å². The van der Waals surface area contributed by atoms with Gasteiger partial charge in [-0.3, -0.25) is 9.36 Å². The fourth-order valence-electron chi connectivity index (χ4n) is 3.28. The van der Waals surface area contributed by atoms with E-state index in [1.807, 2.05) is 0 Å². The molecule has 0 bridgehead atoms. The summed E-state index contributed by atoms with van der Waals surface area (Å²) in [5.74, 6) is -0.541. The fourth-order valence-corrected chi connectivity index (χ4v) is 3.28. The van der Waals surface area contributed by atoms with Crippen LogP contribution in [0.25, 0.3) is 22.4 Å². The number of fused-ring (bicyclic) bond motifs is 1. The first kappa shape index (κ1) is 25.0. The van der Waals surface area contributed by atoms with E-state index in [1.165, 1.54) is 9.88 Å². The maximum absolute atomic E-state index is 13.5. The summed E-state index contributed by atoms with van der Waals surface area (Å²) in [4.78, 5) is 47.1. The number of hydrogen-bond donors (Lipinski definition) is 1. The summed E-state index contributed by atoms with van der Waals surface area (Å²) in [7, 11) is 0. The van der Waals surface area contributed by atoms with E-state index in [0.717, 1.165) is 0 Å². The number of carbonyl (C=O) groups is 2. The Morgan fingerprint density at radius 3 is 2.18 bits per heavy atom. The molecule has 0 spiro atoms. The molecule has 3 aromatic rings. The molecule has 0 aliphatic rings. The smallest absolute Gasteiger partial charge is 0.458 e. The van der Waals surface area contributed by atoms with Crippen LogP contribution in [0.4, 0.5) is 10.5 Å². The van der Waals surface area contributed by atoms with Crippen LogP contribution in [0.1, 0.15) is 54.5 Å². The number of nitrogens with two attached hydrogens (primary N) is 1. The number of benzene rings is 1. The number of carbonyl (C=O) groups excluding carboxylic acids is 2. The molecule has 0 fully saturated rings. The number of nitrogens with zero attached hydrogens (tertiary/aromatic N) is 3. The summed E-state index contributed by atoms with van der Waals surface area (Å²) >= 11 is 0. The van der Waals surface area contributed by atoms with Gasteiger partial charge in [0.15, 0.2) is 5.65 Å². The van der Waals surface area contributed by atoms with Crippen LogP contribution < -0.4 is 10.9 Å². The topological polar surface area (TPSA) is 117 Å². The molecule has 2 N–H and O–H groups in total. The summed E-state index contributed by atoms with van der Waals surface area (Å²) in [6, 6.07) is 9.34. The van der Waals surface area contributed by atoms with Crippen LogP contribution in [-0.2, 0) is 14.3 Å². The summed E-state index contributed by atoms with van der Waals surface area (Å²) in [6.07, 6.45) is 1.09. The maximum Gasteiger partial charge on any atom is 0.518 e. The van der Waals surface area contributed by atoms with E-state index < -0.39 is 34.9 Å².